The molecule has 0 amide bonds. The first-order valence-corrected chi connectivity index (χ1v) is 32.8. The molecule has 6 heteroatoms. The van der Waals surface area contributed by atoms with Gasteiger partial charge in [-0.2, -0.15) is 0 Å². The topological polar surface area (TPSA) is 27.8 Å². The SMILES string of the molecule is Cc1cc(N2c3ccc(C(C)(C)C)cc3B3c4ccc(N(c5ccc(C(C)(C)C)cc5)c5ccc6c7ccccc7n(-c7ccccc7)c6c5)cc4N(c4ccc(C(C)(C)C)cc4)c4cc(C(C)(C)C)cc2c43)cc(C)c1-c1oc2ccccc2c1-c1ccccc1. The maximum absolute atomic E-state index is 6.98. The minimum Gasteiger partial charge on any atom is -0.455 e. The quantitative estimate of drug-likeness (QED) is 0.142. The van der Waals surface area contributed by atoms with E-state index in [9.17, 15) is 0 Å². The van der Waals surface area contributed by atoms with Crippen molar-refractivity contribution in [1.82, 2.24) is 4.57 Å². The Morgan fingerprint density at radius 1 is 0.348 bits per heavy atom. The zero-order valence-corrected chi connectivity index (χ0v) is 55.8. The average molecular weight is 1200 g/mol. The molecule has 92 heavy (non-hydrogen) atoms. The van der Waals surface area contributed by atoms with Crippen molar-refractivity contribution in [2.45, 2.75) is 119 Å². The molecule has 0 saturated carbocycles. The van der Waals surface area contributed by atoms with Gasteiger partial charge in [-0.1, -0.05) is 217 Å². The lowest BCUT2D eigenvalue weighted by Gasteiger charge is -2.46. The van der Waals surface area contributed by atoms with Gasteiger partial charge in [0.2, 0.25) is 0 Å². The van der Waals surface area contributed by atoms with Crippen LogP contribution in [-0.2, 0) is 21.7 Å². The van der Waals surface area contributed by atoms with E-state index in [-0.39, 0.29) is 28.4 Å². The van der Waals surface area contributed by atoms with E-state index in [0.717, 1.165) is 89.9 Å². The second-order valence-electron chi connectivity index (χ2n) is 30.0. The number of fused-ring (bicyclic) bond motifs is 8. The number of aromatic nitrogens is 1. The van der Waals surface area contributed by atoms with Crippen LogP contribution < -0.4 is 31.1 Å². The van der Waals surface area contributed by atoms with Gasteiger partial charge in [0.05, 0.1) is 11.0 Å². The number of hydrogen-bond donors (Lipinski definition) is 0. The van der Waals surface area contributed by atoms with E-state index in [2.05, 4.69) is 353 Å². The van der Waals surface area contributed by atoms with Crippen LogP contribution in [0.2, 0.25) is 0 Å². The van der Waals surface area contributed by atoms with Gasteiger partial charge in [0.25, 0.3) is 6.71 Å². The molecule has 5 nitrogen and oxygen atoms in total. The molecular formula is C86H81BN4O. The summed E-state index contributed by atoms with van der Waals surface area (Å²) in [5, 5.41) is 3.57. The third-order valence-corrected chi connectivity index (χ3v) is 19.6. The molecule has 454 valence electrons. The molecule has 0 fully saturated rings. The van der Waals surface area contributed by atoms with E-state index in [0.29, 0.717) is 0 Å². The lowest BCUT2D eigenvalue weighted by molar-refractivity contribution is 0.590. The van der Waals surface area contributed by atoms with Crippen LogP contribution in [0.15, 0.2) is 241 Å². The Morgan fingerprint density at radius 3 is 1.51 bits per heavy atom. The first-order chi connectivity index (χ1) is 44.0. The lowest BCUT2D eigenvalue weighted by Crippen LogP contribution is -2.61. The van der Waals surface area contributed by atoms with Crippen LogP contribution in [0.5, 0.6) is 0 Å². The number of para-hydroxylation sites is 3. The van der Waals surface area contributed by atoms with Gasteiger partial charge in [0.15, 0.2) is 0 Å². The molecule has 0 unspecified atom stereocenters. The molecule has 13 aromatic rings. The van der Waals surface area contributed by atoms with Crippen LogP contribution in [0.4, 0.5) is 51.2 Å². The molecule has 0 spiro atoms. The number of benzene rings is 11. The van der Waals surface area contributed by atoms with Crippen molar-refractivity contribution in [1.29, 1.82) is 0 Å². The van der Waals surface area contributed by atoms with Gasteiger partial charge in [-0.15, -0.1) is 0 Å². The molecule has 0 bridgehead atoms. The van der Waals surface area contributed by atoms with E-state index in [1.54, 1.807) is 0 Å². The smallest absolute Gasteiger partial charge is 0.252 e. The predicted molar refractivity (Wildman–Crippen MR) is 394 cm³/mol. The molecule has 2 aromatic heterocycles. The Balaban J connectivity index is 0.989. The zero-order valence-electron chi connectivity index (χ0n) is 55.8. The molecule has 0 aliphatic carbocycles. The fraction of sp³-hybridized carbons (Fsp3) is 0.209. The van der Waals surface area contributed by atoms with Gasteiger partial charge in [0.1, 0.15) is 11.3 Å². The van der Waals surface area contributed by atoms with E-state index in [1.807, 2.05) is 0 Å². The summed E-state index contributed by atoms with van der Waals surface area (Å²) in [6.45, 7) is 32.4. The first-order valence-electron chi connectivity index (χ1n) is 32.8. The average Bonchev–Trinajstić information content (AvgIpc) is 0.906. The maximum Gasteiger partial charge on any atom is 0.252 e. The number of nitrogens with zero attached hydrogens (tertiary/aromatic N) is 4. The molecule has 11 aromatic carbocycles. The largest absolute Gasteiger partial charge is 0.455 e. The Bertz CT molecular complexity index is 5020. The molecule has 0 atom stereocenters. The summed E-state index contributed by atoms with van der Waals surface area (Å²) >= 11 is 0. The Labute approximate surface area is 544 Å². The third-order valence-electron chi connectivity index (χ3n) is 19.6. The maximum atomic E-state index is 6.98. The number of aryl methyl sites for hydroxylation is 2. The van der Waals surface area contributed by atoms with Crippen molar-refractivity contribution in [3.63, 3.8) is 0 Å². The van der Waals surface area contributed by atoms with E-state index < -0.39 is 0 Å². The Kier molecular flexibility index (Phi) is 13.6. The number of hydrogen-bond acceptors (Lipinski definition) is 4. The van der Waals surface area contributed by atoms with Crippen LogP contribution in [0, 0.1) is 13.8 Å². The van der Waals surface area contributed by atoms with E-state index in [4.69, 9.17) is 4.42 Å². The van der Waals surface area contributed by atoms with Crippen LogP contribution in [-0.4, -0.2) is 11.3 Å². The Morgan fingerprint density at radius 2 is 0.870 bits per heavy atom. The minimum atomic E-state index is -0.214. The van der Waals surface area contributed by atoms with E-state index >= 15 is 0 Å². The van der Waals surface area contributed by atoms with Crippen molar-refractivity contribution >= 4 is 107 Å². The molecular weight excluding hydrogens is 1120 g/mol. The van der Waals surface area contributed by atoms with Gasteiger partial charge in [-0.05, 0) is 194 Å². The molecule has 0 N–H and O–H groups in total. The number of anilines is 9. The van der Waals surface area contributed by atoms with Crippen molar-refractivity contribution in [3.05, 3.63) is 270 Å². The fourth-order valence-corrected chi connectivity index (χ4v) is 14.7. The summed E-state index contributed by atoms with van der Waals surface area (Å²) in [5.41, 5.74) is 28.9. The monoisotopic (exact) mass is 1200 g/mol. The summed E-state index contributed by atoms with van der Waals surface area (Å²) in [6, 6.07) is 89.3. The van der Waals surface area contributed by atoms with Crippen molar-refractivity contribution in [2.24, 2.45) is 0 Å². The first kappa shape index (κ1) is 58.6. The predicted octanol–water partition coefficient (Wildman–Crippen LogP) is 22.2. The van der Waals surface area contributed by atoms with Gasteiger partial charge >= 0.3 is 0 Å². The van der Waals surface area contributed by atoms with Gasteiger partial charge in [0, 0.05) is 84.2 Å². The summed E-state index contributed by atoms with van der Waals surface area (Å²) in [6.07, 6.45) is 0. The van der Waals surface area contributed by atoms with Gasteiger partial charge in [-0.3, -0.25) is 0 Å². The van der Waals surface area contributed by atoms with Gasteiger partial charge in [-0.25, -0.2) is 0 Å². The number of rotatable bonds is 8. The minimum absolute atomic E-state index is 0.0200. The second-order valence-corrected chi connectivity index (χ2v) is 30.0. The highest BCUT2D eigenvalue weighted by Crippen LogP contribution is 2.51. The van der Waals surface area contributed by atoms with E-state index in [1.165, 1.54) is 72.0 Å². The molecule has 2 aliphatic rings. The van der Waals surface area contributed by atoms with Crippen LogP contribution in [0.1, 0.15) is 116 Å². The molecule has 2 aliphatic heterocycles. The van der Waals surface area contributed by atoms with Crippen molar-refractivity contribution in [2.75, 3.05) is 14.7 Å². The number of furan rings is 1. The summed E-state index contributed by atoms with van der Waals surface area (Å²) in [4.78, 5) is 7.69. The van der Waals surface area contributed by atoms with Crippen LogP contribution in [0.25, 0.3) is 60.9 Å². The van der Waals surface area contributed by atoms with Gasteiger partial charge < -0.3 is 23.7 Å². The highest BCUT2D eigenvalue weighted by atomic mass is 16.3. The molecule has 0 radical (unpaired) electrons. The van der Waals surface area contributed by atoms with Crippen LogP contribution >= 0.6 is 0 Å². The molecule has 0 saturated heterocycles. The highest BCUT2D eigenvalue weighted by Gasteiger charge is 2.45. The molecule has 15 rings (SSSR count). The summed E-state index contributed by atoms with van der Waals surface area (Å²) in [5.74, 6) is 0.903. The van der Waals surface area contributed by atoms with Crippen LogP contribution in [0.3, 0.4) is 0 Å². The highest BCUT2D eigenvalue weighted by molar-refractivity contribution is 7.00. The summed E-state index contributed by atoms with van der Waals surface area (Å²) < 4.78 is 9.41. The normalized spacial score (nSPS) is 13.3. The third kappa shape index (κ3) is 9.75. The second kappa shape index (κ2) is 21.4. The zero-order chi connectivity index (χ0) is 63.9. The standard InChI is InChI=1S/C86H81BN4O/c1-54-47-66(48-55(2)79(54)82-80(56-25-17-15-18-26-56)69-30-22-24-32-78(69)92-82)91-73-46-37-59(85(9,10)11)49-71(73)87-70-45-43-65(53-75(70)90(63-40-35-58(36-41-63)84(6,7)8)76-50-60(86(12,13)14)51-77(91)81(76)87)88(62-38-33-57(34-39-62)83(3,4)5)64-42-44-68-67-29-21-23-31-72(67)89(74(68)52-64)61-27-19-16-20-28-61/h15-53H,1-14H3. The molecule has 4 heterocycles. The van der Waals surface area contributed by atoms with Crippen molar-refractivity contribution in [3.8, 4) is 28.1 Å². The fourth-order valence-electron chi connectivity index (χ4n) is 14.7. The summed E-state index contributed by atoms with van der Waals surface area (Å²) in [7, 11) is 0. The van der Waals surface area contributed by atoms with Crippen molar-refractivity contribution < 1.29 is 4.42 Å². The Hall–Kier alpha value is -9.78. The lowest BCUT2D eigenvalue weighted by atomic mass is 9.33.